The van der Waals surface area contributed by atoms with Crippen molar-refractivity contribution in [3.63, 3.8) is 0 Å². The Morgan fingerprint density at radius 3 is 2.82 bits per heavy atom. The van der Waals surface area contributed by atoms with Crippen molar-refractivity contribution in [2.45, 2.75) is 6.92 Å². The fourth-order valence-corrected chi connectivity index (χ4v) is 2.54. The zero-order valence-corrected chi connectivity index (χ0v) is 11.3. The maximum Gasteiger partial charge on any atom is 0.259 e. The van der Waals surface area contributed by atoms with E-state index in [0.717, 1.165) is 19.9 Å². The van der Waals surface area contributed by atoms with Crippen LogP contribution in [0.3, 0.4) is 0 Å². The van der Waals surface area contributed by atoms with E-state index in [-0.39, 0.29) is 5.56 Å². The van der Waals surface area contributed by atoms with Crippen LogP contribution in [0.2, 0.25) is 0 Å². The molecule has 0 amide bonds. The van der Waals surface area contributed by atoms with E-state index >= 15 is 0 Å². The number of nitrogens with one attached hydrogen (secondary N) is 1. The molecule has 0 fully saturated rings. The van der Waals surface area contributed by atoms with Gasteiger partial charge in [-0.05, 0) is 58.5 Å². The van der Waals surface area contributed by atoms with Gasteiger partial charge >= 0.3 is 0 Å². The third-order valence-electron chi connectivity index (χ3n) is 2.77. The number of aromatic amines is 1. The van der Waals surface area contributed by atoms with E-state index < -0.39 is 0 Å². The predicted octanol–water partition coefficient (Wildman–Crippen LogP) is 2.99. The molecule has 0 bridgehead atoms. The maximum atomic E-state index is 12.0. The Balaban J connectivity index is 2.63. The third kappa shape index (κ3) is 1.72. The molecule has 4 heteroatoms. The van der Waals surface area contributed by atoms with Gasteiger partial charge in [-0.1, -0.05) is 12.1 Å². The van der Waals surface area contributed by atoms with Gasteiger partial charge in [0.05, 0.1) is 10.9 Å². The van der Waals surface area contributed by atoms with Crippen molar-refractivity contribution in [1.82, 2.24) is 9.97 Å². The molecular formula is C13H9IN2O. The van der Waals surface area contributed by atoms with E-state index in [9.17, 15) is 4.79 Å². The Hall–Kier alpha value is -1.43. The topological polar surface area (TPSA) is 45.8 Å². The number of nitrogens with zero attached hydrogens (tertiary/aromatic N) is 1. The molecule has 1 N–H and O–H groups in total. The van der Waals surface area contributed by atoms with Crippen LogP contribution in [0.4, 0.5) is 0 Å². The van der Waals surface area contributed by atoms with Gasteiger partial charge in [0.25, 0.3) is 5.56 Å². The quantitative estimate of drug-likeness (QED) is 0.507. The van der Waals surface area contributed by atoms with Crippen LogP contribution in [0.25, 0.3) is 21.7 Å². The Kier molecular flexibility index (Phi) is 2.39. The summed E-state index contributed by atoms with van der Waals surface area (Å²) >= 11 is 2.25. The predicted molar refractivity (Wildman–Crippen MR) is 77.3 cm³/mol. The molecule has 84 valence electrons. The maximum absolute atomic E-state index is 12.0. The summed E-state index contributed by atoms with van der Waals surface area (Å²) < 4.78 is 1.11. The first-order valence-electron chi connectivity index (χ1n) is 5.24. The lowest BCUT2D eigenvalue weighted by Gasteiger charge is -2.04. The fourth-order valence-electron chi connectivity index (χ4n) is 2.05. The number of halogens is 1. The molecule has 0 radical (unpaired) electrons. The normalized spacial score (nSPS) is 11.2. The molecular weight excluding hydrogens is 327 g/mol. The summed E-state index contributed by atoms with van der Waals surface area (Å²) in [4.78, 5) is 19.1. The lowest BCUT2D eigenvalue weighted by Crippen LogP contribution is -2.10. The largest absolute Gasteiger partial charge is 0.310 e. The molecule has 3 nitrogen and oxygen atoms in total. The van der Waals surface area contributed by atoms with Gasteiger partial charge in [0.1, 0.15) is 5.82 Å². The van der Waals surface area contributed by atoms with Gasteiger partial charge in [0, 0.05) is 3.57 Å². The fraction of sp³-hybridized carbons (Fsp3) is 0.0769. The molecule has 0 unspecified atom stereocenters. The van der Waals surface area contributed by atoms with Crippen LogP contribution in [0.1, 0.15) is 5.82 Å². The molecule has 1 aromatic heterocycles. The summed E-state index contributed by atoms with van der Waals surface area (Å²) in [6, 6.07) is 9.97. The minimum atomic E-state index is -0.0694. The monoisotopic (exact) mass is 336 g/mol. The molecule has 0 saturated heterocycles. The van der Waals surface area contributed by atoms with Gasteiger partial charge in [-0.2, -0.15) is 0 Å². The molecule has 0 saturated carbocycles. The van der Waals surface area contributed by atoms with Crippen LogP contribution in [-0.4, -0.2) is 9.97 Å². The minimum absolute atomic E-state index is 0.0694. The molecule has 3 rings (SSSR count). The molecule has 0 aliphatic carbocycles. The van der Waals surface area contributed by atoms with E-state index in [1.54, 1.807) is 6.92 Å². The number of fused-ring (bicyclic) bond motifs is 3. The van der Waals surface area contributed by atoms with E-state index in [0.29, 0.717) is 11.2 Å². The SMILES string of the molecule is Cc1nc2ccc3ccc(I)cc3c2c(=O)[nH]1. The lowest BCUT2D eigenvalue weighted by molar-refractivity contribution is 1.06. The first-order chi connectivity index (χ1) is 8.15. The second-order valence-electron chi connectivity index (χ2n) is 3.98. The number of hydrogen-bond acceptors (Lipinski definition) is 2. The van der Waals surface area contributed by atoms with Crippen molar-refractivity contribution in [3.8, 4) is 0 Å². The van der Waals surface area contributed by atoms with Crippen LogP contribution in [0.15, 0.2) is 35.1 Å². The van der Waals surface area contributed by atoms with Crippen molar-refractivity contribution in [1.29, 1.82) is 0 Å². The minimum Gasteiger partial charge on any atom is -0.310 e. The van der Waals surface area contributed by atoms with Crippen molar-refractivity contribution >= 4 is 44.3 Å². The van der Waals surface area contributed by atoms with Crippen molar-refractivity contribution in [2.75, 3.05) is 0 Å². The molecule has 17 heavy (non-hydrogen) atoms. The molecule has 3 aromatic rings. The average molecular weight is 336 g/mol. The highest BCUT2D eigenvalue weighted by Crippen LogP contribution is 2.23. The summed E-state index contributed by atoms with van der Waals surface area (Å²) in [6.07, 6.45) is 0. The Morgan fingerprint density at radius 1 is 1.24 bits per heavy atom. The summed E-state index contributed by atoms with van der Waals surface area (Å²) in [5.74, 6) is 0.646. The standard InChI is InChI=1S/C13H9IN2O/c1-7-15-11-5-3-8-2-4-9(14)6-10(8)12(11)13(17)16-7/h2-6H,1H3,(H,15,16,17). The van der Waals surface area contributed by atoms with Gasteiger partial charge < -0.3 is 4.98 Å². The summed E-state index contributed by atoms with van der Waals surface area (Å²) in [5.41, 5.74) is 0.681. The average Bonchev–Trinajstić information content (AvgIpc) is 2.27. The number of aromatic nitrogens is 2. The van der Waals surface area contributed by atoms with Crippen LogP contribution in [-0.2, 0) is 0 Å². The first kappa shape index (κ1) is 10.7. The Morgan fingerprint density at radius 2 is 2.00 bits per heavy atom. The zero-order chi connectivity index (χ0) is 12.0. The van der Waals surface area contributed by atoms with Crippen molar-refractivity contribution < 1.29 is 0 Å². The third-order valence-corrected chi connectivity index (χ3v) is 3.44. The van der Waals surface area contributed by atoms with Gasteiger partial charge in [-0.3, -0.25) is 4.79 Å². The van der Waals surface area contributed by atoms with Gasteiger partial charge in [-0.25, -0.2) is 4.98 Å². The number of rotatable bonds is 0. The van der Waals surface area contributed by atoms with Crippen molar-refractivity contribution in [2.24, 2.45) is 0 Å². The number of hydrogen-bond donors (Lipinski definition) is 1. The number of H-pyrrole nitrogens is 1. The molecule has 0 spiro atoms. The highest BCUT2D eigenvalue weighted by Gasteiger charge is 2.06. The first-order valence-corrected chi connectivity index (χ1v) is 6.32. The summed E-state index contributed by atoms with van der Waals surface area (Å²) in [6.45, 7) is 1.79. The van der Waals surface area contributed by atoms with Crippen LogP contribution in [0, 0.1) is 10.5 Å². The molecule has 1 heterocycles. The van der Waals surface area contributed by atoms with Crippen LogP contribution >= 0.6 is 22.6 Å². The van der Waals surface area contributed by atoms with Crippen LogP contribution < -0.4 is 5.56 Å². The highest BCUT2D eigenvalue weighted by molar-refractivity contribution is 14.1. The van der Waals surface area contributed by atoms with Crippen molar-refractivity contribution in [3.05, 3.63) is 50.1 Å². The second-order valence-corrected chi connectivity index (χ2v) is 5.22. The molecule has 0 aliphatic heterocycles. The lowest BCUT2D eigenvalue weighted by atomic mass is 10.1. The van der Waals surface area contributed by atoms with Gasteiger partial charge in [0.2, 0.25) is 0 Å². The van der Waals surface area contributed by atoms with E-state index in [2.05, 4.69) is 32.6 Å². The second kappa shape index (κ2) is 3.80. The number of aryl methyl sites for hydroxylation is 1. The van der Waals surface area contributed by atoms with Crippen LogP contribution in [0.5, 0.6) is 0 Å². The Labute approximate surface area is 111 Å². The zero-order valence-electron chi connectivity index (χ0n) is 9.12. The Bertz CT molecular complexity index is 792. The summed E-state index contributed by atoms with van der Waals surface area (Å²) in [5, 5.41) is 2.70. The van der Waals surface area contributed by atoms with Gasteiger partial charge in [0.15, 0.2) is 0 Å². The van der Waals surface area contributed by atoms with E-state index in [4.69, 9.17) is 0 Å². The van der Waals surface area contributed by atoms with Gasteiger partial charge in [-0.15, -0.1) is 0 Å². The van der Waals surface area contributed by atoms with E-state index in [1.165, 1.54) is 0 Å². The molecule has 0 aliphatic rings. The molecule has 2 aromatic carbocycles. The van der Waals surface area contributed by atoms with E-state index in [1.807, 2.05) is 30.3 Å². The summed E-state index contributed by atoms with van der Waals surface area (Å²) in [7, 11) is 0. The smallest absolute Gasteiger partial charge is 0.259 e. The molecule has 0 atom stereocenters. The highest BCUT2D eigenvalue weighted by atomic mass is 127. The number of benzene rings is 2.